The van der Waals surface area contributed by atoms with E-state index in [2.05, 4.69) is 5.32 Å². The molecule has 0 spiro atoms. The Morgan fingerprint density at radius 1 is 1.06 bits per heavy atom. The number of aryl methyl sites for hydroxylation is 1. The predicted molar refractivity (Wildman–Crippen MR) is 137 cm³/mol. The number of carbonyl (C=O) groups is 2. The third kappa shape index (κ3) is 6.96. The van der Waals surface area contributed by atoms with E-state index < -0.39 is 28.5 Å². The molecule has 186 valence electrons. The van der Waals surface area contributed by atoms with E-state index in [0.717, 1.165) is 28.1 Å². The molecule has 2 aromatic carbocycles. The van der Waals surface area contributed by atoms with E-state index in [1.165, 1.54) is 4.90 Å². The molecule has 2 amide bonds. The second-order valence-electron chi connectivity index (χ2n) is 8.60. The number of nitrogens with zero attached hydrogens (tertiary/aromatic N) is 2. The van der Waals surface area contributed by atoms with E-state index in [1.54, 1.807) is 43.3 Å². The van der Waals surface area contributed by atoms with Crippen LogP contribution in [-0.4, -0.2) is 50.0 Å². The number of nitrogens with one attached hydrogen (secondary N) is 1. The van der Waals surface area contributed by atoms with Crippen LogP contribution in [0.1, 0.15) is 43.9 Å². The van der Waals surface area contributed by atoms with Crippen LogP contribution in [0.4, 0.5) is 5.69 Å². The lowest BCUT2D eigenvalue weighted by molar-refractivity contribution is -0.139. The lowest BCUT2D eigenvalue weighted by Crippen LogP contribution is -2.52. The lowest BCUT2D eigenvalue weighted by Gasteiger charge is -2.32. The maximum Gasteiger partial charge on any atom is 0.244 e. The Bertz CT molecular complexity index is 1140. The number of hydrogen-bond acceptors (Lipinski definition) is 4. The van der Waals surface area contributed by atoms with Crippen molar-refractivity contribution in [3.8, 4) is 0 Å². The molecule has 0 radical (unpaired) electrons. The van der Waals surface area contributed by atoms with Gasteiger partial charge in [0.15, 0.2) is 0 Å². The predicted octanol–water partition coefficient (Wildman–Crippen LogP) is 4.05. The Hall–Kier alpha value is -2.58. The highest BCUT2D eigenvalue weighted by Gasteiger charge is 2.31. The minimum atomic E-state index is -3.78. The summed E-state index contributed by atoms with van der Waals surface area (Å²) >= 11 is 6.33. The van der Waals surface area contributed by atoms with Crippen LogP contribution in [0, 0.1) is 13.8 Å². The van der Waals surface area contributed by atoms with Crippen LogP contribution >= 0.6 is 11.6 Å². The van der Waals surface area contributed by atoms with Gasteiger partial charge in [0.1, 0.15) is 12.6 Å². The Morgan fingerprint density at radius 3 is 2.29 bits per heavy atom. The summed E-state index contributed by atoms with van der Waals surface area (Å²) in [5.74, 6) is -0.814. The molecule has 1 N–H and O–H groups in total. The van der Waals surface area contributed by atoms with E-state index >= 15 is 0 Å². The van der Waals surface area contributed by atoms with Gasteiger partial charge >= 0.3 is 0 Å². The molecule has 2 rings (SSSR count). The van der Waals surface area contributed by atoms with Crippen molar-refractivity contribution in [3.63, 3.8) is 0 Å². The van der Waals surface area contributed by atoms with Gasteiger partial charge in [0.05, 0.1) is 11.9 Å². The molecule has 9 heteroatoms. The van der Waals surface area contributed by atoms with Crippen LogP contribution in [0.3, 0.4) is 0 Å². The molecule has 0 aliphatic carbocycles. The SMILES string of the molecule is CC[C@H](C)NC(=O)[C@H](C)N(Cc1ccccc1Cl)C(=O)CN(c1cccc(C)c1C)S(C)(=O)=O. The zero-order chi connectivity index (χ0) is 25.6. The molecule has 34 heavy (non-hydrogen) atoms. The Labute approximate surface area is 208 Å². The maximum atomic E-state index is 13.6. The summed E-state index contributed by atoms with van der Waals surface area (Å²) in [7, 11) is -3.78. The molecule has 0 saturated heterocycles. The Balaban J connectivity index is 2.45. The number of hydrogen-bond donors (Lipinski definition) is 1. The van der Waals surface area contributed by atoms with E-state index in [0.29, 0.717) is 16.3 Å². The zero-order valence-corrected chi connectivity index (χ0v) is 22.2. The Morgan fingerprint density at radius 2 is 1.71 bits per heavy atom. The monoisotopic (exact) mass is 507 g/mol. The summed E-state index contributed by atoms with van der Waals surface area (Å²) < 4.78 is 26.5. The van der Waals surface area contributed by atoms with Gasteiger partial charge in [-0.25, -0.2) is 8.42 Å². The summed E-state index contributed by atoms with van der Waals surface area (Å²) in [4.78, 5) is 27.9. The van der Waals surface area contributed by atoms with Gasteiger partial charge in [0, 0.05) is 17.6 Å². The zero-order valence-electron chi connectivity index (χ0n) is 20.6. The molecular weight excluding hydrogens is 474 g/mol. The van der Waals surface area contributed by atoms with Crippen LogP contribution in [0.25, 0.3) is 0 Å². The molecule has 0 saturated carbocycles. The highest BCUT2D eigenvalue weighted by atomic mass is 35.5. The molecular formula is C25H34ClN3O4S. The van der Waals surface area contributed by atoms with E-state index in [1.807, 2.05) is 33.8 Å². The van der Waals surface area contributed by atoms with Crippen molar-refractivity contribution in [1.82, 2.24) is 10.2 Å². The maximum absolute atomic E-state index is 13.6. The summed E-state index contributed by atoms with van der Waals surface area (Å²) in [6.45, 7) is 8.80. The first kappa shape index (κ1) is 27.7. The molecule has 7 nitrogen and oxygen atoms in total. The van der Waals surface area contributed by atoms with Gasteiger partial charge in [-0.2, -0.15) is 0 Å². The number of anilines is 1. The third-order valence-electron chi connectivity index (χ3n) is 5.99. The average molecular weight is 508 g/mol. The van der Waals surface area contributed by atoms with Gasteiger partial charge in [-0.1, -0.05) is 48.9 Å². The topological polar surface area (TPSA) is 86.8 Å². The standard InChI is InChI=1S/C25H34ClN3O4S/c1-7-18(3)27-25(31)20(5)28(15-21-12-8-9-13-22(21)26)24(30)16-29(34(6,32)33)23-14-10-11-17(2)19(23)4/h8-14,18,20H,7,15-16H2,1-6H3,(H,27,31)/t18-,20-/m0/s1. The van der Waals surface area contributed by atoms with E-state index in [-0.39, 0.29) is 18.5 Å². The van der Waals surface area contributed by atoms with Crippen molar-refractivity contribution < 1.29 is 18.0 Å². The van der Waals surface area contributed by atoms with Gasteiger partial charge in [-0.3, -0.25) is 13.9 Å². The molecule has 0 unspecified atom stereocenters. The molecule has 2 atom stereocenters. The smallest absolute Gasteiger partial charge is 0.244 e. The van der Waals surface area contributed by atoms with Gasteiger partial charge in [-0.15, -0.1) is 0 Å². The van der Waals surface area contributed by atoms with Crippen molar-refractivity contribution in [2.75, 3.05) is 17.1 Å². The molecule has 0 fully saturated rings. The van der Waals surface area contributed by atoms with Crippen molar-refractivity contribution in [1.29, 1.82) is 0 Å². The van der Waals surface area contributed by atoms with Crippen molar-refractivity contribution in [2.45, 2.75) is 59.7 Å². The molecule has 0 bridgehead atoms. The molecule has 0 aromatic heterocycles. The van der Waals surface area contributed by atoms with Crippen molar-refractivity contribution in [2.24, 2.45) is 0 Å². The van der Waals surface area contributed by atoms with Crippen LogP contribution in [0.15, 0.2) is 42.5 Å². The summed E-state index contributed by atoms with van der Waals surface area (Å²) in [5, 5.41) is 3.36. The van der Waals surface area contributed by atoms with Gasteiger partial charge in [0.25, 0.3) is 0 Å². The van der Waals surface area contributed by atoms with Crippen molar-refractivity contribution >= 4 is 39.1 Å². The van der Waals surface area contributed by atoms with E-state index in [4.69, 9.17) is 11.6 Å². The number of amides is 2. The fourth-order valence-electron chi connectivity index (χ4n) is 3.46. The quantitative estimate of drug-likeness (QED) is 0.525. The number of carbonyl (C=O) groups excluding carboxylic acids is 2. The minimum absolute atomic E-state index is 0.0605. The van der Waals surface area contributed by atoms with Gasteiger partial charge < -0.3 is 10.2 Å². The highest BCUT2D eigenvalue weighted by molar-refractivity contribution is 7.92. The van der Waals surface area contributed by atoms with Gasteiger partial charge in [0.2, 0.25) is 21.8 Å². The first-order chi connectivity index (χ1) is 15.9. The normalized spacial score (nSPS) is 13.1. The lowest BCUT2D eigenvalue weighted by atomic mass is 10.1. The second-order valence-corrected chi connectivity index (χ2v) is 10.9. The van der Waals surface area contributed by atoms with Crippen LogP contribution in [-0.2, 0) is 26.2 Å². The van der Waals surface area contributed by atoms with E-state index in [9.17, 15) is 18.0 Å². The molecule has 0 aliphatic rings. The van der Waals surface area contributed by atoms with Crippen LogP contribution in [0.2, 0.25) is 5.02 Å². The summed E-state index contributed by atoms with van der Waals surface area (Å²) in [6.07, 6.45) is 1.81. The number of sulfonamides is 1. The number of benzene rings is 2. The van der Waals surface area contributed by atoms with Gasteiger partial charge in [-0.05, 0) is 62.9 Å². The minimum Gasteiger partial charge on any atom is -0.352 e. The van der Waals surface area contributed by atoms with Crippen LogP contribution < -0.4 is 9.62 Å². The fourth-order valence-corrected chi connectivity index (χ4v) is 4.55. The average Bonchev–Trinajstić information content (AvgIpc) is 2.77. The largest absolute Gasteiger partial charge is 0.352 e. The molecule has 0 heterocycles. The second kappa shape index (κ2) is 11.7. The van der Waals surface area contributed by atoms with Crippen LogP contribution in [0.5, 0.6) is 0 Å². The highest BCUT2D eigenvalue weighted by Crippen LogP contribution is 2.26. The third-order valence-corrected chi connectivity index (χ3v) is 7.49. The number of rotatable bonds is 10. The first-order valence-electron chi connectivity index (χ1n) is 11.2. The molecule has 2 aromatic rings. The Kier molecular flexibility index (Phi) is 9.53. The fraction of sp³-hybridized carbons (Fsp3) is 0.440. The summed E-state index contributed by atoms with van der Waals surface area (Å²) in [5.41, 5.74) is 2.78. The summed E-state index contributed by atoms with van der Waals surface area (Å²) in [6, 6.07) is 11.5. The number of halogens is 1. The first-order valence-corrected chi connectivity index (χ1v) is 13.5. The molecule has 0 aliphatic heterocycles. The van der Waals surface area contributed by atoms with Crippen molar-refractivity contribution in [3.05, 3.63) is 64.2 Å².